The number of halogens is 2. The standard InChI is InChI=1S/C14H15Cl2N3/c1-8(2)14-18-12(7-13(17-3)19-14)10-5-4-9(15)6-11(10)16/h4-8H,1-3H3,(H,17,18,19). The third-order valence-corrected chi connectivity index (χ3v) is 3.27. The van der Waals surface area contributed by atoms with Crippen LogP contribution in [0.3, 0.4) is 0 Å². The van der Waals surface area contributed by atoms with Crippen LogP contribution >= 0.6 is 23.2 Å². The molecule has 0 unspecified atom stereocenters. The molecule has 100 valence electrons. The molecule has 0 amide bonds. The molecule has 0 radical (unpaired) electrons. The highest BCUT2D eigenvalue weighted by molar-refractivity contribution is 6.36. The van der Waals surface area contributed by atoms with Crippen LogP contribution in [-0.2, 0) is 0 Å². The molecule has 3 nitrogen and oxygen atoms in total. The first-order chi connectivity index (χ1) is 9.01. The SMILES string of the molecule is CNc1cc(-c2ccc(Cl)cc2Cl)nc(C(C)C)n1. The van der Waals surface area contributed by atoms with Gasteiger partial charge in [0.1, 0.15) is 11.6 Å². The van der Waals surface area contributed by atoms with Crippen LogP contribution in [0.2, 0.25) is 10.0 Å². The van der Waals surface area contributed by atoms with Gasteiger partial charge in [-0.2, -0.15) is 0 Å². The number of aromatic nitrogens is 2. The van der Waals surface area contributed by atoms with Crippen LogP contribution in [0.15, 0.2) is 24.3 Å². The van der Waals surface area contributed by atoms with E-state index in [9.17, 15) is 0 Å². The molecule has 5 heteroatoms. The van der Waals surface area contributed by atoms with Gasteiger partial charge >= 0.3 is 0 Å². The number of hydrogen-bond donors (Lipinski definition) is 1. The van der Waals surface area contributed by atoms with E-state index >= 15 is 0 Å². The summed E-state index contributed by atoms with van der Waals surface area (Å²) in [5.74, 6) is 1.81. The maximum absolute atomic E-state index is 6.23. The smallest absolute Gasteiger partial charge is 0.133 e. The van der Waals surface area contributed by atoms with E-state index in [1.54, 1.807) is 12.1 Å². The van der Waals surface area contributed by atoms with Crippen molar-refractivity contribution in [2.45, 2.75) is 19.8 Å². The molecule has 1 aromatic carbocycles. The Morgan fingerprint density at radius 3 is 2.42 bits per heavy atom. The van der Waals surface area contributed by atoms with Crippen molar-refractivity contribution < 1.29 is 0 Å². The van der Waals surface area contributed by atoms with Gasteiger partial charge < -0.3 is 5.32 Å². The summed E-state index contributed by atoms with van der Waals surface area (Å²) in [4.78, 5) is 9.00. The number of benzene rings is 1. The van der Waals surface area contributed by atoms with Crippen molar-refractivity contribution in [1.29, 1.82) is 0 Å². The fraction of sp³-hybridized carbons (Fsp3) is 0.286. The Balaban J connectivity index is 2.57. The summed E-state index contributed by atoms with van der Waals surface area (Å²) < 4.78 is 0. The van der Waals surface area contributed by atoms with Gasteiger partial charge in [0.15, 0.2) is 0 Å². The van der Waals surface area contributed by atoms with Crippen molar-refractivity contribution in [3.63, 3.8) is 0 Å². The van der Waals surface area contributed by atoms with Gasteiger partial charge in [-0.1, -0.05) is 37.0 Å². The van der Waals surface area contributed by atoms with Crippen LogP contribution in [-0.4, -0.2) is 17.0 Å². The molecule has 0 aliphatic carbocycles. The first-order valence-corrected chi connectivity index (χ1v) is 6.79. The van der Waals surface area contributed by atoms with E-state index in [2.05, 4.69) is 29.1 Å². The zero-order chi connectivity index (χ0) is 14.0. The molecule has 0 bridgehead atoms. The fourth-order valence-corrected chi connectivity index (χ4v) is 2.19. The Bertz CT molecular complexity index is 597. The average molecular weight is 296 g/mol. The molecule has 0 spiro atoms. The maximum atomic E-state index is 6.23. The Hall–Kier alpha value is -1.32. The molecule has 1 heterocycles. The van der Waals surface area contributed by atoms with Crippen LogP contribution in [0, 0.1) is 0 Å². The van der Waals surface area contributed by atoms with Crippen LogP contribution in [0.1, 0.15) is 25.6 Å². The molecule has 2 rings (SSSR count). The topological polar surface area (TPSA) is 37.8 Å². The molecule has 1 N–H and O–H groups in total. The molecule has 1 aromatic heterocycles. The van der Waals surface area contributed by atoms with E-state index in [1.165, 1.54) is 0 Å². The summed E-state index contributed by atoms with van der Waals surface area (Å²) in [6, 6.07) is 7.27. The van der Waals surface area contributed by atoms with E-state index < -0.39 is 0 Å². The molecule has 19 heavy (non-hydrogen) atoms. The Morgan fingerprint density at radius 1 is 1.11 bits per heavy atom. The molecular weight excluding hydrogens is 281 g/mol. The van der Waals surface area contributed by atoms with Gasteiger partial charge in [-0.05, 0) is 18.2 Å². The largest absolute Gasteiger partial charge is 0.373 e. The van der Waals surface area contributed by atoms with E-state index in [0.29, 0.717) is 10.0 Å². The second-order valence-corrected chi connectivity index (χ2v) is 5.37. The Morgan fingerprint density at radius 2 is 1.84 bits per heavy atom. The highest BCUT2D eigenvalue weighted by atomic mass is 35.5. The summed E-state index contributed by atoms with van der Waals surface area (Å²) in [6.45, 7) is 4.12. The zero-order valence-corrected chi connectivity index (χ0v) is 12.5. The molecule has 0 saturated carbocycles. The molecule has 0 atom stereocenters. The molecule has 0 saturated heterocycles. The van der Waals surface area contributed by atoms with E-state index in [1.807, 2.05) is 19.2 Å². The summed E-state index contributed by atoms with van der Waals surface area (Å²) in [6.07, 6.45) is 0. The minimum atomic E-state index is 0.248. The van der Waals surface area contributed by atoms with Crippen LogP contribution in [0.4, 0.5) is 5.82 Å². The maximum Gasteiger partial charge on any atom is 0.133 e. The number of anilines is 1. The summed E-state index contributed by atoms with van der Waals surface area (Å²) >= 11 is 12.1. The first-order valence-electron chi connectivity index (χ1n) is 6.03. The number of nitrogens with zero attached hydrogens (tertiary/aromatic N) is 2. The lowest BCUT2D eigenvalue weighted by Gasteiger charge is -2.11. The molecule has 0 aliphatic heterocycles. The van der Waals surface area contributed by atoms with Crippen LogP contribution in [0.5, 0.6) is 0 Å². The first kappa shape index (κ1) is 14.1. The Labute approximate surface area is 123 Å². The fourth-order valence-electron chi connectivity index (χ4n) is 1.69. The minimum absolute atomic E-state index is 0.248. The highest BCUT2D eigenvalue weighted by Crippen LogP contribution is 2.30. The molecule has 0 aliphatic rings. The van der Waals surface area contributed by atoms with Gasteiger partial charge in [0.05, 0.1) is 10.7 Å². The lowest BCUT2D eigenvalue weighted by atomic mass is 10.1. The van der Waals surface area contributed by atoms with Gasteiger partial charge in [-0.25, -0.2) is 9.97 Å². The van der Waals surface area contributed by atoms with E-state index in [-0.39, 0.29) is 5.92 Å². The van der Waals surface area contributed by atoms with Crippen molar-refractivity contribution in [1.82, 2.24) is 9.97 Å². The second-order valence-electron chi connectivity index (χ2n) is 4.53. The van der Waals surface area contributed by atoms with Crippen molar-refractivity contribution in [3.05, 3.63) is 40.1 Å². The van der Waals surface area contributed by atoms with Crippen molar-refractivity contribution >= 4 is 29.0 Å². The van der Waals surface area contributed by atoms with Crippen LogP contribution < -0.4 is 5.32 Å². The van der Waals surface area contributed by atoms with E-state index in [0.717, 1.165) is 22.9 Å². The number of rotatable bonds is 3. The van der Waals surface area contributed by atoms with E-state index in [4.69, 9.17) is 23.2 Å². The van der Waals surface area contributed by atoms with Crippen molar-refractivity contribution in [3.8, 4) is 11.3 Å². The minimum Gasteiger partial charge on any atom is -0.373 e. The monoisotopic (exact) mass is 295 g/mol. The summed E-state index contributed by atoms with van der Waals surface area (Å²) in [5, 5.41) is 4.24. The average Bonchev–Trinajstić information content (AvgIpc) is 2.38. The predicted molar refractivity (Wildman–Crippen MR) is 81.1 cm³/mol. The summed E-state index contributed by atoms with van der Waals surface area (Å²) in [7, 11) is 1.83. The molecule has 2 aromatic rings. The molecular formula is C14H15Cl2N3. The Kier molecular flexibility index (Phi) is 4.27. The van der Waals surface area contributed by atoms with Crippen molar-refractivity contribution in [2.75, 3.05) is 12.4 Å². The number of hydrogen-bond acceptors (Lipinski definition) is 3. The predicted octanol–water partition coefficient (Wildman–Crippen LogP) is 4.62. The van der Waals surface area contributed by atoms with Gasteiger partial charge in [0, 0.05) is 29.6 Å². The van der Waals surface area contributed by atoms with Crippen molar-refractivity contribution in [2.24, 2.45) is 0 Å². The third-order valence-electron chi connectivity index (χ3n) is 2.72. The third kappa shape index (κ3) is 3.17. The normalized spacial score (nSPS) is 10.8. The zero-order valence-electron chi connectivity index (χ0n) is 11.0. The van der Waals surface area contributed by atoms with Gasteiger partial charge in [-0.15, -0.1) is 0 Å². The lowest BCUT2D eigenvalue weighted by Crippen LogP contribution is -2.03. The highest BCUT2D eigenvalue weighted by Gasteiger charge is 2.11. The quantitative estimate of drug-likeness (QED) is 0.898. The summed E-state index contributed by atoms with van der Waals surface area (Å²) in [5.41, 5.74) is 1.65. The van der Waals surface area contributed by atoms with Gasteiger partial charge in [0.2, 0.25) is 0 Å². The van der Waals surface area contributed by atoms with Crippen LogP contribution in [0.25, 0.3) is 11.3 Å². The van der Waals surface area contributed by atoms with Gasteiger partial charge in [-0.3, -0.25) is 0 Å². The second kappa shape index (κ2) is 5.76. The molecule has 0 fully saturated rings. The lowest BCUT2D eigenvalue weighted by molar-refractivity contribution is 0.777. The number of nitrogens with one attached hydrogen (secondary N) is 1. The van der Waals surface area contributed by atoms with Gasteiger partial charge in [0.25, 0.3) is 0 Å².